The van der Waals surface area contributed by atoms with Crippen molar-refractivity contribution in [3.05, 3.63) is 0 Å². The van der Waals surface area contributed by atoms with Crippen LogP contribution >= 0.6 is 0 Å². The number of piperazine rings is 1. The van der Waals surface area contributed by atoms with E-state index in [0.29, 0.717) is 12.5 Å². The Kier molecular flexibility index (Phi) is 7.67. The van der Waals surface area contributed by atoms with Gasteiger partial charge >= 0.3 is 0 Å². The second kappa shape index (κ2) is 9.00. The zero-order valence-electron chi connectivity index (χ0n) is 13.8. The summed E-state index contributed by atoms with van der Waals surface area (Å²) < 4.78 is 0. The van der Waals surface area contributed by atoms with E-state index in [1.165, 1.54) is 0 Å². The third-order valence-electron chi connectivity index (χ3n) is 3.79. The summed E-state index contributed by atoms with van der Waals surface area (Å²) in [6, 6.07) is -0.293. The topological polar surface area (TPSA) is 64.7 Å². The third-order valence-corrected chi connectivity index (χ3v) is 3.79. The van der Waals surface area contributed by atoms with E-state index < -0.39 is 0 Å². The van der Waals surface area contributed by atoms with Crippen molar-refractivity contribution in [2.45, 2.75) is 33.7 Å². The van der Waals surface area contributed by atoms with Gasteiger partial charge in [0.1, 0.15) is 6.04 Å². The molecule has 6 nitrogen and oxygen atoms in total. The van der Waals surface area contributed by atoms with Crippen LogP contribution < -0.4 is 10.6 Å². The number of hydrogen-bond acceptors (Lipinski definition) is 4. The number of nitrogens with zero attached hydrogens (tertiary/aromatic N) is 2. The number of likely N-dealkylation sites (N-methyl/N-ethyl adjacent to an activating group) is 1. The Morgan fingerprint density at radius 3 is 2.43 bits per heavy atom. The lowest BCUT2D eigenvalue weighted by Gasteiger charge is -2.32. The van der Waals surface area contributed by atoms with Gasteiger partial charge in [-0.25, -0.2) is 0 Å². The first kappa shape index (κ1) is 17.9. The summed E-state index contributed by atoms with van der Waals surface area (Å²) >= 11 is 0. The average molecular weight is 298 g/mol. The summed E-state index contributed by atoms with van der Waals surface area (Å²) in [6.45, 7) is 13.5. The molecule has 21 heavy (non-hydrogen) atoms. The monoisotopic (exact) mass is 298 g/mol. The van der Waals surface area contributed by atoms with Crippen molar-refractivity contribution in [1.29, 1.82) is 0 Å². The molecule has 0 radical (unpaired) electrons. The minimum absolute atomic E-state index is 0.0439. The van der Waals surface area contributed by atoms with Crippen molar-refractivity contribution in [1.82, 2.24) is 20.4 Å². The molecule has 0 bridgehead atoms. The Morgan fingerprint density at radius 1 is 1.29 bits per heavy atom. The molecule has 1 fully saturated rings. The second-order valence-electron chi connectivity index (χ2n) is 5.94. The molecule has 1 aliphatic heterocycles. The van der Waals surface area contributed by atoms with Gasteiger partial charge in [0.15, 0.2) is 0 Å². The summed E-state index contributed by atoms with van der Waals surface area (Å²) in [5, 5.41) is 5.77. The van der Waals surface area contributed by atoms with Gasteiger partial charge in [-0.05, 0) is 19.0 Å². The maximum Gasteiger partial charge on any atom is 0.241 e. The van der Waals surface area contributed by atoms with Gasteiger partial charge < -0.3 is 15.1 Å². The largest absolute Gasteiger partial charge is 0.353 e. The van der Waals surface area contributed by atoms with Crippen LogP contribution in [-0.4, -0.2) is 73.5 Å². The molecule has 2 amide bonds. The zero-order valence-corrected chi connectivity index (χ0v) is 13.8. The first-order chi connectivity index (χ1) is 9.97. The van der Waals surface area contributed by atoms with Crippen molar-refractivity contribution in [3.63, 3.8) is 0 Å². The summed E-state index contributed by atoms with van der Waals surface area (Å²) in [5.74, 6) is 0.484. The van der Waals surface area contributed by atoms with Crippen LogP contribution in [0.2, 0.25) is 0 Å². The van der Waals surface area contributed by atoms with Gasteiger partial charge in [0.05, 0.1) is 6.54 Å². The van der Waals surface area contributed by atoms with Crippen molar-refractivity contribution >= 4 is 11.8 Å². The van der Waals surface area contributed by atoms with Crippen molar-refractivity contribution < 1.29 is 9.59 Å². The van der Waals surface area contributed by atoms with Gasteiger partial charge in [-0.2, -0.15) is 0 Å². The van der Waals surface area contributed by atoms with Gasteiger partial charge in [-0.3, -0.25) is 14.9 Å². The van der Waals surface area contributed by atoms with Gasteiger partial charge in [0.25, 0.3) is 0 Å². The molecule has 1 rings (SSSR count). The minimum atomic E-state index is -0.293. The van der Waals surface area contributed by atoms with Crippen molar-refractivity contribution in [3.8, 4) is 0 Å². The standard InChI is InChI=1S/C15H30N4O2/c1-5-18(6-2)7-8-19(11-12(3)4)15(21)13-9-17-14(20)10-16-13/h12-13,16H,5-11H2,1-4H3,(H,17,20). The second-order valence-corrected chi connectivity index (χ2v) is 5.94. The molecule has 1 heterocycles. The zero-order chi connectivity index (χ0) is 15.8. The Hall–Kier alpha value is -1.14. The molecule has 2 N–H and O–H groups in total. The highest BCUT2D eigenvalue weighted by Crippen LogP contribution is 2.04. The van der Waals surface area contributed by atoms with E-state index in [-0.39, 0.29) is 24.4 Å². The van der Waals surface area contributed by atoms with E-state index in [1.807, 2.05) is 4.90 Å². The fraction of sp³-hybridized carbons (Fsp3) is 0.867. The molecule has 0 aromatic carbocycles. The predicted molar refractivity (Wildman–Crippen MR) is 84.0 cm³/mol. The highest BCUT2D eigenvalue weighted by Gasteiger charge is 2.28. The fourth-order valence-electron chi connectivity index (χ4n) is 2.50. The van der Waals surface area contributed by atoms with E-state index in [1.54, 1.807) is 0 Å². The molecule has 6 heteroatoms. The molecule has 1 atom stereocenters. The SMILES string of the molecule is CCN(CC)CCN(CC(C)C)C(=O)C1CNC(=O)CN1. The van der Waals surface area contributed by atoms with Crippen LogP contribution in [0.25, 0.3) is 0 Å². The molecule has 0 aromatic rings. The van der Waals surface area contributed by atoms with Crippen LogP contribution in [-0.2, 0) is 9.59 Å². The van der Waals surface area contributed by atoms with Crippen molar-refractivity contribution in [2.75, 3.05) is 45.8 Å². The van der Waals surface area contributed by atoms with Gasteiger partial charge in [-0.15, -0.1) is 0 Å². The number of carbonyl (C=O) groups is 2. The third kappa shape index (κ3) is 6.01. The average Bonchev–Trinajstić information content (AvgIpc) is 2.46. The lowest BCUT2D eigenvalue weighted by molar-refractivity contribution is -0.135. The maximum atomic E-state index is 12.6. The van der Waals surface area contributed by atoms with Crippen LogP contribution in [0.4, 0.5) is 0 Å². The summed E-state index contributed by atoms with van der Waals surface area (Å²) in [4.78, 5) is 28.0. The van der Waals surface area contributed by atoms with Crippen LogP contribution in [0.3, 0.4) is 0 Å². The van der Waals surface area contributed by atoms with Crippen LogP contribution in [0.15, 0.2) is 0 Å². The lowest BCUT2D eigenvalue weighted by Crippen LogP contribution is -2.59. The Labute approximate surface area is 128 Å². The normalized spacial score (nSPS) is 19.0. The molecule has 1 saturated heterocycles. The van der Waals surface area contributed by atoms with Crippen LogP contribution in [0.5, 0.6) is 0 Å². The number of nitrogens with one attached hydrogen (secondary N) is 2. The highest BCUT2D eigenvalue weighted by molar-refractivity contribution is 5.86. The van der Waals surface area contributed by atoms with E-state index in [2.05, 4.69) is 43.2 Å². The molecule has 1 aliphatic rings. The lowest BCUT2D eigenvalue weighted by atomic mass is 10.1. The molecular weight excluding hydrogens is 268 g/mol. The first-order valence-electron chi connectivity index (χ1n) is 7.99. The molecule has 0 aromatic heterocycles. The Balaban J connectivity index is 2.58. The highest BCUT2D eigenvalue weighted by atomic mass is 16.2. The number of amides is 2. The van der Waals surface area contributed by atoms with Crippen LogP contribution in [0, 0.1) is 5.92 Å². The molecule has 0 spiro atoms. The summed E-state index contributed by atoms with van der Waals surface area (Å²) in [6.07, 6.45) is 0. The number of rotatable bonds is 8. The maximum absolute atomic E-state index is 12.6. The minimum Gasteiger partial charge on any atom is -0.353 e. The Morgan fingerprint density at radius 2 is 1.95 bits per heavy atom. The molecule has 0 aliphatic carbocycles. The van der Waals surface area contributed by atoms with Gasteiger partial charge in [0, 0.05) is 26.2 Å². The molecule has 1 unspecified atom stereocenters. The smallest absolute Gasteiger partial charge is 0.241 e. The Bertz CT molecular complexity index is 333. The van der Waals surface area contributed by atoms with E-state index in [0.717, 1.165) is 32.7 Å². The quantitative estimate of drug-likeness (QED) is 0.657. The predicted octanol–water partition coefficient (Wildman–Crippen LogP) is -0.0992. The summed E-state index contributed by atoms with van der Waals surface area (Å²) in [5.41, 5.74) is 0. The number of carbonyl (C=O) groups excluding carboxylic acids is 2. The molecular formula is C15H30N4O2. The molecule has 0 saturated carbocycles. The number of hydrogen-bond donors (Lipinski definition) is 2. The van der Waals surface area contributed by atoms with E-state index in [4.69, 9.17) is 0 Å². The van der Waals surface area contributed by atoms with Crippen molar-refractivity contribution in [2.24, 2.45) is 5.92 Å². The molecule has 122 valence electrons. The first-order valence-corrected chi connectivity index (χ1v) is 7.99. The summed E-state index contributed by atoms with van der Waals surface area (Å²) in [7, 11) is 0. The van der Waals surface area contributed by atoms with Gasteiger partial charge in [0.2, 0.25) is 11.8 Å². The van der Waals surface area contributed by atoms with Crippen LogP contribution in [0.1, 0.15) is 27.7 Å². The van der Waals surface area contributed by atoms with E-state index in [9.17, 15) is 9.59 Å². The van der Waals surface area contributed by atoms with E-state index >= 15 is 0 Å². The van der Waals surface area contributed by atoms with Gasteiger partial charge in [-0.1, -0.05) is 27.7 Å². The fourth-order valence-corrected chi connectivity index (χ4v) is 2.50.